The first-order chi connectivity index (χ1) is 13.3. The summed E-state index contributed by atoms with van der Waals surface area (Å²) < 4.78 is 66.5. The van der Waals surface area contributed by atoms with Crippen molar-refractivity contribution in [2.24, 2.45) is 0 Å². The molecule has 4 rings (SSSR count). The average molecular weight is 403 g/mol. The molecule has 0 bridgehead atoms. The molecule has 0 aliphatic heterocycles. The van der Waals surface area contributed by atoms with Crippen molar-refractivity contribution >= 4 is 31.7 Å². The number of benzene rings is 3. The highest BCUT2D eigenvalue weighted by molar-refractivity contribution is 7.88. The maximum atomic E-state index is 12.9. The average Bonchev–Trinajstić information content (AvgIpc) is 2.66. The van der Waals surface area contributed by atoms with Crippen LogP contribution in [-0.4, -0.2) is 18.9 Å². The minimum Gasteiger partial charge on any atom is -0.375 e. The summed E-state index contributed by atoms with van der Waals surface area (Å²) in [5, 5.41) is 2.71. The van der Waals surface area contributed by atoms with Crippen LogP contribution >= 0.6 is 0 Å². The molecular weight excluding hydrogens is 391 g/mol. The standard InChI is InChI=1S/C20H12F3NO3S/c21-20(22,23)28(25,26)27-17-10-9-13-5-1-3-7-15(13)18(17)19-16-8-4-2-6-14(16)11-12-24-19/h1-12H. The minimum absolute atomic E-state index is 0.183. The van der Waals surface area contributed by atoms with E-state index < -0.39 is 21.4 Å². The lowest BCUT2D eigenvalue weighted by atomic mass is 9.97. The van der Waals surface area contributed by atoms with Gasteiger partial charge in [0.05, 0.1) is 11.3 Å². The first-order valence-corrected chi connectivity index (χ1v) is 9.55. The van der Waals surface area contributed by atoms with E-state index >= 15 is 0 Å². The zero-order valence-electron chi connectivity index (χ0n) is 14.1. The van der Waals surface area contributed by atoms with Crippen molar-refractivity contribution in [2.75, 3.05) is 0 Å². The van der Waals surface area contributed by atoms with E-state index in [1.165, 1.54) is 18.3 Å². The highest BCUT2D eigenvalue weighted by Crippen LogP contribution is 2.41. The third-order valence-corrected chi connectivity index (χ3v) is 5.25. The second-order valence-corrected chi connectivity index (χ2v) is 7.56. The molecule has 0 unspecified atom stereocenters. The van der Waals surface area contributed by atoms with Crippen LogP contribution in [0.4, 0.5) is 13.2 Å². The number of hydrogen-bond acceptors (Lipinski definition) is 4. The topological polar surface area (TPSA) is 56.3 Å². The van der Waals surface area contributed by atoms with E-state index in [2.05, 4.69) is 9.17 Å². The van der Waals surface area contributed by atoms with Gasteiger partial charge in [-0.1, -0.05) is 54.6 Å². The number of alkyl halides is 3. The van der Waals surface area contributed by atoms with E-state index in [0.29, 0.717) is 21.9 Å². The van der Waals surface area contributed by atoms with Gasteiger partial charge in [-0.15, -0.1) is 0 Å². The van der Waals surface area contributed by atoms with E-state index in [1.807, 2.05) is 12.1 Å². The lowest BCUT2D eigenvalue weighted by molar-refractivity contribution is -0.0499. The number of aromatic nitrogens is 1. The molecule has 4 nitrogen and oxygen atoms in total. The van der Waals surface area contributed by atoms with Crippen LogP contribution in [0.2, 0.25) is 0 Å². The fourth-order valence-corrected chi connectivity index (χ4v) is 3.52. The van der Waals surface area contributed by atoms with Gasteiger partial charge in [0.2, 0.25) is 0 Å². The van der Waals surface area contributed by atoms with E-state index in [4.69, 9.17) is 0 Å². The normalized spacial score (nSPS) is 12.4. The highest BCUT2D eigenvalue weighted by atomic mass is 32.2. The number of hydrogen-bond donors (Lipinski definition) is 0. The SMILES string of the molecule is O=S(=O)(Oc1ccc2ccccc2c1-c1nccc2ccccc12)C(F)(F)F. The Kier molecular flexibility index (Phi) is 4.23. The van der Waals surface area contributed by atoms with Crippen LogP contribution in [0.15, 0.2) is 72.9 Å². The Morgan fingerprint density at radius 3 is 2.07 bits per heavy atom. The third kappa shape index (κ3) is 3.05. The molecule has 142 valence electrons. The van der Waals surface area contributed by atoms with Gasteiger partial charge in [0, 0.05) is 11.6 Å². The van der Waals surface area contributed by atoms with Gasteiger partial charge < -0.3 is 4.18 Å². The Hall–Kier alpha value is -3.13. The van der Waals surface area contributed by atoms with Crippen LogP contribution in [-0.2, 0) is 10.1 Å². The maximum absolute atomic E-state index is 12.9. The van der Waals surface area contributed by atoms with Crippen LogP contribution in [0.5, 0.6) is 5.75 Å². The van der Waals surface area contributed by atoms with Gasteiger partial charge in [-0.3, -0.25) is 4.98 Å². The lowest BCUT2D eigenvalue weighted by Crippen LogP contribution is -2.28. The molecule has 0 saturated heterocycles. The first kappa shape index (κ1) is 18.2. The zero-order valence-corrected chi connectivity index (χ0v) is 15.0. The Labute approximate surface area is 158 Å². The number of nitrogens with zero attached hydrogens (tertiary/aromatic N) is 1. The summed E-state index contributed by atoms with van der Waals surface area (Å²) in [6.45, 7) is 0. The van der Waals surface area contributed by atoms with Gasteiger partial charge >= 0.3 is 15.6 Å². The molecule has 0 spiro atoms. The monoisotopic (exact) mass is 403 g/mol. The van der Waals surface area contributed by atoms with Crippen molar-refractivity contribution < 1.29 is 25.8 Å². The quantitative estimate of drug-likeness (QED) is 0.345. The predicted octanol–water partition coefficient (Wildman–Crippen LogP) is 5.28. The maximum Gasteiger partial charge on any atom is 0.534 e. The molecule has 0 fully saturated rings. The van der Waals surface area contributed by atoms with Gasteiger partial charge in [0.1, 0.15) is 0 Å². The molecule has 4 aromatic rings. The minimum atomic E-state index is -5.83. The molecule has 0 N–H and O–H groups in total. The van der Waals surface area contributed by atoms with Crippen molar-refractivity contribution in [3.05, 3.63) is 72.9 Å². The van der Waals surface area contributed by atoms with E-state index in [0.717, 1.165) is 5.39 Å². The molecule has 8 heteroatoms. The van der Waals surface area contributed by atoms with Crippen LogP contribution < -0.4 is 4.18 Å². The number of fused-ring (bicyclic) bond motifs is 2. The Bertz CT molecular complexity index is 1300. The largest absolute Gasteiger partial charge is 0.534 e. The van der Waals surface area contributed by atoms with Crippen molar-refractivity contribution in [1.29, 1.82) is 0 Å². The van der Waals surface area contributed by atoms with Crippen molar-refractivity contribution in [1.82, 2.24) is 4.98 Å². The molecule has 3 aromatic carbocycles. The summed E-state index contributed by atoms with van der Waals surface area (Å²) in [5.41, 5.74) is -5.02. The first-order valence-electron chi connectivity index (χ1n) is 8.14. The fourth-order valence-electron chi connectivity index (χ4n) is 3.05. The number of halogens is 3. The summed E-state index contributed by atoms with van der Waals surface area (Å²) >= 11 is 0. The lowest BCUT2D eigenvalue weighted by Gasteiger charge is -2.16. The van der Waals surface area contributed by atoms with Crippen LogP contribution in [0, 0.1) is 0 Å². The molecule has 0 amide bonds. The van der Waals surface area contributed by atoms with E-state index in [9.17, 15) is 21.6 Å². The summed E-state index contributed by atoms with van der Waals surface area (Å²) in [5.74, 6) is -0.431. The van der Waals surface area contributed by atoms with Crippen LogP contribution in [0.3, 0.4) is 0 Å². The van der Waals surface area contributed by atoms with Gasteiger partial charge in [-0.25, -0.2) is 0 Å². The van der Waals surface area contributed by atoms with Gasteiger partial charge in [0.25, 0.3) is 0 Å². The molecule has 28 heavy (non-hydrogen) atoms. The summed E-state index contributed by atoms with van der Waals surface area (Å²) in [7, 11) is -5.83. The predicted molar refractivity (Wildman–Crippen MR) is 100 cm³/mol. The number of rotatable bonds is 3. The second-order valence-electron chi connectivity index (χ2n) is 6.02. The third-order valence-electron chi connectivity index (χ3n) is 4.28. The molecule has 0 radical (unpaired) electrons. The number of pyridine rings is 1. The van der Waals surface area contributed by atoms with Crippen molar-refractivity contribution in [3.8, 4) is 17.0 Å². The molecule has 1 heterocycles. The van der Waals surface area contributed by atoms with Gasteiger partial charge in [-0.2, -0.15) is 21.6 Å². The van der Waals surface area contributed by atoms with E-state index in [-0.39, 0.29) is 5.56 Å². The molecule has 0 saturated carbocycles. The molecule has 0 aliphatic rings. The molecule has 0 atom stereocenters. The molecular formula is C20H12F3NO3S. The highest BCUT2D eigenvalue weighted by Gasteiger charge is 2.49. The summed E-state index contributed by atoms with van der Waals surface area (Å²) in [6.07, 6.45) is 1.52. The zero-order chi connectivity index (χ0) is 19.9. The fraction of sp³-hybridized carbons (Fsp3) is 0.0500. The summed E-state index contributed by atoms with van der Waals surface area (Å²) in [6, 6.07) is 18.6. The van der Waals surface area contributed by atoms with E-state index in [1.54, 1.807) is 42.5 Å². The van der Waals surface area contributed by atoms with Crippen molar-refractivity contribution in [3.63, 3.8) is 0 Å². The molecule has 1 aromatic heterocycles. The van der Waals surface area contributed by atoms with Gasteiger partial charge in [0.15, 0.2) is 5.75 Å². The van der Waals surface area contributed by atoms with Gasteiger partial charge in [-0.05, 0) is 28.3 Å². The Balaban J connectivity index is 2.06. The van der Waals surface area contributed by atoms with Crippen LogP contribution in [0.25, 0.3) is 32.8 Å². The second kappa shape index (κ2) is 6.49. The smallest absolute Gasteiger partial charge is 0.375 e. The molecule has 0 aliphatic carbocycles. The summed E-state index contributed by atoms with van der Waals surface area (Å²) in [4.78, 5) is 4.32. The Morgan fingerprint density at radius 1 is 0.786 bits per heavy atom. The van der Waals surface area contributed by atoms with Crippen LogP contribution in [0.1, 0.15) is 0 Å². The Morgan fingerprint density at radius 2 is 1.39 bits per heavy atom. The van der Waals surface area contributed by atoms with Crippen molar-refractivity contribution in [2.45, 2.75) is 5.51 Å².